The molecule has 19 heavy (non-hydrogen) atoms. The van der Waals surface area contributed by atoms with Crippen molar-refractivity contribution in [2.75, 3.05) is 7.11 Å². The van der Waals surface area contributed by atoms with Crippen molar-refractivity contribution in [2.45, 2.75) is 0 Å². The number of nitrogens with one attached hydrogen (secondary N) is 1. The highest BCUT2D eigenvalue weighted by Gasteiger charge is 2.09. The molecule has 1 aromatic carbocycles. The van der Waals surface area contributed by atoms with E-state index in [1.165, 1.54) is 25.6 Å². The average Bonchev–Trinajstić information content (AvgIpc) is 2.44. The third kappa shape index (κ3) is 2.92. The zero-order valence-electron chi connectivity index (χ0n) is 9.84. The lowest BCUT2D eigenvalue weighted by molar-refractivity contribution is 0.0600. The Labute approximate surface area is 113 Å². The van der Waals surface area contributed by atoms with E-state index in [4.69, 9.17) is 16.3 Å². The van der Waals surface area contributed by atoms with Gasteiger partial charge in [-0.3, -0.25) is 4.79 Å². The van der Waals surface area contributed by atoms with Crippen LogP contribution in [0.4, 0.5) is 0 Å². The number of hydrogen-bond donors (Lipinski definition) is 1. The number of hydrogen-bond acceptors (Lipinski definition) is 5. The molecule has 0 unspecified atom stereocenters. The molecule has 6 nitrogen and oxygen atoms in total. The normalized spacial score (nSPS) is 10.0. The van der Waals surface area contributed by atoms with E-state index in [0.717, 1.165) is 0 Å². The third-order valence-corrected chi connectivity index (χ3v) is 2.59. The molecule has 1 aromatic heterocycles. The van der Waals surface area contributed by atoms with Crippen LogP contribution in [0.25, 0.3) is 0 Å². The number of methoxy groups -OCH3 is 1. The van der Waals surface area contributed by atoms with E-state index in [0.29, 0.717) is 11.3 Å². The Morgan fingerprint density at radius 1 is 1.32 bits per heavy atom. The highest BCUT2D eigenvalue weighted by Crippen LogP contribution is 2.23. The maximum absolute atomic E-state index is 11.2. The maximum atomic E-state index is 11.2. The molecular weight excluding hydrogens is 272 g/mol. The second-order valence-electron chi connectivity index (χ2n) is 3.47. The molecule has 0 aliphatic heterocycles. The molecule has 0 saturated carbocycles. The molecule has 0 amide bonds. The largest absolute Gasteiger partial charge is 0.465 e. The second kappa shape index (κ2) is 5.53. The minimum absolute atomic E-state index is 0.00349. The third-order valence-electron chi connectivity index (χ3n) is 2.25. The van der Waals surface area contributed by atoms with Gasteiger partial charge in [-0.05, 0) is 24.3 Å². The first kappa shape index (κ1) is 13.1. The van der Waals surface area contributed by atoms with Gasteiger partial charge in [-0.15, -0.1) is 0 Å². The molecule has 7 heteroatoms. The minimum Gasteiger partial charge on any atom is -0.465 e. The maximum Gasteiger partial charge on any atom is 0.337 e. The Kier molecular flexibility index (Phi) is 3.82. The van der Waals surface area contributed by atoms with Gasteiger partial charge >= 0.3 is 5.97 Å². The number of rotatable bonds is 3. The van der Waals surface area contributed by atoms with Crippen LogP contribution in [0.5, 0.6) is 11.6 Å². The molecule has 0 bridgehead atoms. The van der Waals surface area contributed by atoms with Gasteiger partial charge in [0.15, 0.2) is 5.02 Å². The van der Waals surface area contributed by atoms with Gasteiger partial charge in [0.05, 0.1) is 19.0 Å². The molecule has 1 heterocycles. The Balaban J connectivity index is 2.22. The summed E-state index contributed by atoms with van der Waals surface area (Å²) in [6, 6.07) is 6.15. The monoisotopic (exact) mass is 280 g/mol. The number of aromatic nitrogens is 2. The van der Waals surface area contributed by atoms with Crippen molar-refractivity contribution in [3.8, 4) is 11.6 Å². The first-order valence-electron chi connectivity index (χ1n) is 5.21. The van der Waals surface area contributed by atoms with Crippen LogP contribution in [-0.2, 0) is 4.74 Å². The van der Waals surface area contributed by atoms with E-state index in [1.807, 2.05) is 0 Å². The molecule has 0 saturated heterocycles. The van der Waals surface area contributed by atoms with E-state index in [2.05, 4.69) is 14.7 Å². The van der Waals surface area contributed by atoms with Crippen molar-refractivity contribution < 1.29 is 14.3 Å². The molecule has 2 rings (SSSR count). The molecule has 0 radical (unpaired) electrons. The summed E-state index contributed by atoms with van der Waals surface area (Å²) in [5, 5.41) is -0.139. The molecule has 98 valence electrons. The fourth-order valence-corrected chi connectivity index (χ4v) is 1.47. The number of carbonyl (C=O) groups is 1. The number of nitrogens with zero attached hydrogens (tertiary/aromatic N) is 1. The highest BCUT2D eigenvalue weighted by molar-refractivity contribution is 6.31. The smallest absolute Gasteiger partial charge is 0.337 e. The summed E-state index contributed by atoms with van der Waals surface area (Å²) in [7, 11) is 1.30. The van der Waals surface area contributed by atoms with Crippen LogP contribution < -0.4 is 10.3 Å². The van der Waals surface area contributed by atoms with Crippen molar-refractivity contribution in [1.82, 2.24) is 9.97 Å². The van der Waals surface area contributed by atoms with Gasteiger partial charge in [0.1, 0.15) is 5.75 Å². The summed E-state index contributed by atoms with van der Waals surface area (Å²) in [5.74, 6) is -0.0530. The summed E-state index contributed by atoms with van der Waals surface area (Å²) in [6.45, 7) is 0. The van der Waals surface area contributed by atoms with Gasteiger partial charge in [-0.25, -0.2) is 9.78 Å². The number of H-pyrrole nitrogens is 1. The van der Waals surface area contributed by atoms with Gasteiger partial charge in [-0.1, -0.05) is 11.6 Å². The molecular formula is C12H9ClN2O4. The van der Waals surface area contributed by atoms with Crippen LogP contribution in [0.1, 0.15) is 10.4 Å². The van der Waals surface area contributed by atoms with Crippen LogP contribution in [0.3, 0.4) is 0 Å². The highest BCUT2D eigenvalue weighted by atomic mass is 35.5. The van der Waals surface area contributed by atoms with Crippen LogP contribution in [0.2, 0.25) is 5.02 Å². The first-order chi connectivity index (χ1) is 9.11. The van der Waals surface area contributed by atoms with Gasteiger partial charge in [-0.2, -0.15) is 0 Å². The van der Waals surface area contributed by atoms with Crippen molar-refractivity contribution in [3.63, 3.8) is 0 Å². The molecule has 0 atom stereocenters. The van der Waals surface area contributed by atoms with E-state index in [-0.39, 0.29) is 10.9 Å². The fraction of sp³-hybridized carbons (Fsp3) is 0.0833. The van der Waals surface area contributed by atoms with Gasteiger partial charge in [0, 0.05) is 0 Å². The van der Waals surface area contributed by atoms with Crippen LogP contribution in [0, 0.1) is 0 Å². The average molecular weight is 281 g/mol. The number of benzene rings is 1. The lowest BCUT2D eigenvalue weighted by Gasteiger charge is -2.06. The van der Waals surface area contributed by atoms with Crippen LogP contribution in [0.15, 0.2) is 35.4 Å². The fourth-order valence-electron chi connectivity index (χ4n) is 1.33. The second-order valence-corrected chi connectivity index (χ2v) is 3.85. The van der Waals surface area contributed by atoms with Crippen molar-refractivity contribution >= 4 is 17.6 Å². The Morgan fingerprint density at radius 3 is 2.63 bits per heavy atom. The zero-order chi connectivity index (χ0) is 13.8. The minimum atomic E-state index is -0.488. The summed E-state index contributed by atoms with van der Waals surface area (Å²) in [6.07, 6.45) is 1.19. The van der Waals surface area contributed by atoms with Crippen molar-refractivity contribution in [2.24, 2.45) is 0 Å². The lowest BCUT2D eigenvalue weighted by Crippen LogP contribution is -2.08. The standard InChI is InChI=1S/C12H9ClN2O4/c1-18-12(17)7-2-4-8(5-3-7)19-11-9(13)10(16)14-6-15-11/h2-6H,1H3,(H,14,15,16). The van der Waals surface area contributed by atoms with E-state index < -0.39 is 11.5 Å². The topological polar surface area (TPSA) is 81.3 Å². The van der Waals surface area contributed by atoms with E-state index in [9.17, 15) is 9.59 Å². The zero-order valence-corrected chi connectivity index (χ0v) is 10.6. The lowest BCUT2D eigenvalue weighted by atomic mass is 10.2. The number of ether oxygens (including phenoxy) is 2. The quantitative estimate of drug-likeness (QED) is 0.870. The number of esters is 1. The van der Waals surface area contributed by atoms with Crippen molar-refractivity contribution in [3.05, 3.63) is 51.5 Å². The SMILES string of the molecule is COC(=O)c1ccc(Oc2nc[nH]c(=O)c2Cl)cc1. The molecule has 0 aliphatic carbocycles. The molecule has 0 spiro atoms. The number of aromatic amines is 1. The number of halogens is 1. The summed E-state index contributed by atoms with van der Waals surface area (Å²) in [5.41, 5.74) is -0.0994. The van der Waals surface area contributed by atoms with Gasteiger partial charge < -0.3 is 14.5 Å². The molecule has 0 fully saturated rings. The molecule has 0 aliphatic rings. The van der Waals surface area contributed by atoms with Crippen molar-refractivity contribution in [1.29, 1.82) is 0 Å². The molecule has 2 aromatic rings. The Hall–Kier alpha value is -2.34. The van der Waals surface area contributed by atoms with Crippen LogP contribution >= 0.6 is 11.6 Å². The Morgan fingerprint density at radius 2 is 2.00 bits per heavy atom. The summed E-state index contributed by atoms with van der Waals surface area (Å²) in [4.78, 5) is 28.6. The summed E-state index contributed by atoms with van der Waals surface area (Å²) >= 11 is 5.74. The predicted molar refractivity (Wildman–Crippen MR) is 67.7 cm³/mol. The van der Waals surface area contributed by atoms with Gasteiger partial charge in [0.25, 0.3) is 5.56 Å². The van der Waals surface area contributed by atoms with Gasteiger partial charge in [0.2, 0.25) is 5.88 Å². The Bertz CT molecular complexity index is 652. The predicted octanol–water partition coefficient (Wildman–Crippen LogP) is 2.00. The summed E-state index contributed by atoms with van der Waals surface area (Å²) < 4.78 is 9.91. The van der Waals surface area contributed by atoms with E-state index >= 15 is 0 Å². The van der Waals surface area contributed by atoms with E-state index in [1.54, 1.807) is 12.1 Å². The number of carbonyl (C=O) groups excluding carboxylic acids is 1. The molecule has 1 N–H and O–H groups in total. The first-order valence-corrected chi connectivity index (χ1v) is 5.59. The van der Waals surface area contributed by atoms with Crippen LogP contribution in [-0.4, -0.2) is 23.0 Å².